The van der Waals surface area contributed by atoms with E-state index in [4.69, 9.17) is 9.47 Å². The Morgan fingerprint density at radius 2 is 2.10 bits per heavy atom. The van der Waals surface area contributed by atoms with Crippen molar-refractivity contribution in [1.82, 2.24) is 0 Å². The van der Waals surface area contributed by atoms with Gasteiger partial charge in [0.2, 0.25) is 5.91 Å². The zero-order chi connectivity index (χ0) is 21.2. The van der Waals surface area contributed by atoms with Crippen molar-refractivity contribution in [2.75, 3.05) is 30.5 Å². The summed E-state index contributed by atoms with van der Waals surface area (Å²) in [6, 6.07) is 10.4. The molecule has 3 rings (SSSR count). The normalized spacial score (nSPS) is 15.0. The minimum atomic E-state index is -0.670. The number of methoxy groups -OCH3 is 1. The van der Waals surface area contributed by atoms with Crippen molar-refractivity contribution in [2.24, 2.45) is 5.41 Å². The van der Waals surface area contributed by atoms with E-state index in [2.05, 4.69) is 27.8 Å². The van der Waals surface area contributed by atoms with Gasteiger partial charge in [0, 0.05) is 16.7 Å². The lowest BCUT2D eigenvalue weighted by atomic mass is 9.93. The molecule has 0 radical (unpaired) electrons. The maximum Gasteiger partial charge on any atom is 0.256 e. The van der Waals surface area contributed by atoms with Crippen LogP contribution in [0.2, 0.25) is 0 Å². The molecule has 0 bridgehead atoms. The lowest BCUT2D eigenvalue weighted by Gasteiger charge is -2.27. The molecule has 7 heteroatoms. The summed E-state index contributed by atoms with van der Waals surface area (Å²) in [4.78, 5) is 27.4. The summed E-state index contributed by atoms with van der Waals surface area (Å²) in [5.74, 6) is 0.812. The highest BCUT2D eigenvalue weighted by atomic mass is 79.9. The lowest BCUT2D eigenvalue weighted by molar-refractivity contribution is -0.127. The number of hydrogen-bond acceptors (Lipinski definition) is 4. The van der Waals surface area contributed by atoms with Crippen molar-refractivity contribution >= 4 is 39.1 Å². The van der Waals surface area contributed by atoms with Gasteiger partial charge in [0.1, 0.15) is 18.1 Å². The van der Waals surface area contributed by atoms with E-state index >= 15 is 0 Å². The van der Waals surface area contributed by atoms with Crippen LogP contribution in [0.4, 0.5) is 11.4 Å². The maximum absolute atomic E-state index is 13.0. The molecular weight excluding hydrogens is 436 g/mol. The Balaban J connectivity index is 1.94. The average molecular weight is 459 g/mol. The first-order valence-corrected chi connectivity index (χ1v) is 9.90. The van der Waals surface area contributed by atoms with Gasteiger partial charge >= 0.3 is 0 Å². The topological polar surface area (TPSA) is 67.9 Å². The number of ether oxygens (including phenoxy) is 2. The van der Waals surface area contributed by atoms with Crippen molar-refractivity contribution in [2.45, 2.75) is 13.8 Å². The Kier molecular flexibility index (Phi) is 5.98. The van der Waals surface area contributed by atoms with Gasteiger partial charge in [-0.2, -0.15) is 0 Å². The minimum Gasteiger partial charge on any atom is -0.497 e. The predicted molar refractivity (Wildman–Crippen MR) is 117 cm³/mol. The number of amides is 2. The minimum absolute atomic E-state index is 0.0600. The largest absolute Gasteiger partial charge is 0.497 e. The number of nitrogens with zero attached hydrogens (tertiary/aromatic N) is 1. The third-order valence-electron chi connectivity index (χ3n) is 4.65. The summed E-state index contributed by atoms with van der Waals surface area (Å²) in [5.41, 5.74) is 0.920. The molecule has 29 heavy (non-hydrogen) atoms. The number of hydrogen-bond donors (Lipinski definition) is 1. The molecule has 2 amide bonds. The second-order valence-electron chi connectivity index (χ2n) is 7.36. The quantitative estimate of drug-likeness (QED) is 0.662. The van der Waals surface area contributed by atoms with E-state index in [1.807, 2.05) is 13.8 Å². The molecule has 1 heterocycles. The molecule has 0 spiro atoms. The van der Waals surface area contributed by atoms with E-state index < -0.39 is 5.41 Å². The molecule has 0 fully saturated rings. The first-order valence-electron chi connectivity index (χ1n) is 9.11. The van der Waals surface area contributed by atoms with Crippen LogP contribution in [0.15, 0.2) is 53.5 Å². The van der Waals surface area contributed by atoms with Crippen LogP contribution < -0.4 is 19.7 Å². The van der Waals surface area contributed by atoms with Crippen LogP contribution in [-0.2, 0) is 4.79 Å². The summed E-state index contributed by atoms with van der Waals surface area (Å²) in [6.07, 6.45) is 1.67. The van der Waals surface area contributed by atoms with E-state index in [0.29, 0.717) is 39.5 Å². The Labute approximate surface area is 178 Å². The van der Waals surface area contributed by atoms with E-state index in [1.165, 1.54) is 0 Å². The SMILES string of the molecule is C=CCN1C(=O)C(C)(C)COc2ccc(NC(=O)c3cc(OC)ccc3Br)cc21. The van der Waals surface area contributed by atoms with E-state index in [0.717, 1.165) is 0 Å². The molecule has 1 N–H and O–H groups in total. The second kappa shape index (κ2) is 8.29. The number of nitrogens with one attached hydrogen (secondary N) is 1. The Hall–Kier alpha value is -2.80. The summed E-state index contributed by atoms with van der Waals surface area (Å²) in [5, 5.41) is 2.88. The Bertz CT molecular complexity index is 971. The Morgan fingerprint density at radius 1 is 1.34 bits per heavy atom. The number of carbonyl (C=O) groups excluding carboxylic acids is 2. The smallest absolute Gasteiger partial charge is 0.256 e. The molecule has 0 aromatic heterocycles. The molecule has 0 saturated heterocycles. The van der Waals surface area contributed by atoms with Crippen molar-refractivity contribution in [1.29, 1.82) is 0 Å². The third kappa shape index (κ3) is 4.29. The summed E-state index contributed by atoms with van der Waals surface area (Å²) in [6.45, 7) is 8.07. The first-order chi connectivity index (χ1) is 13.8. The highest BCUT2D eigenvalue weighted by Crippen LogP contribution is 2.38. The standard InChI is InChI=1S/C22H23BrN2O4/c1-5-10-25-18-11-14(6-9-19(18)29-13-22(2,3)21(25)27)24-20(26)16-12-15(28-4)7-8-17(16)23/h5-9,11-12H,1,10,13H2,2-4H3,(H,24,26). The molecule has 6 nitrogen and oxygen atoms in total. The molecule has 1 aliphatic rings. The van der Waals surface area contributed by atoms with Gasteiger partial charge in [-0.15, -0.1) is 6.58 Å². The number of anilines is 2. The van der Waals surface area contributed by atoms with Gasteiger partial charge in [0.15, 0.2) is 0 Å². The lowest BCUT2D eigenvalue weighted by Crippen LogP contribution is -2.42. The van der Waals surface area contributed by atoms with Crippen LogP contribution >= 0.6 is 15.9 Å². The number of fused-ring (bicyclic) bond motifs is 1. The zero-order valence-corrected chi connectivity index (χ0v) is 18.2. The molecule has 0 saturated carbocycles. The van der Waals surface area contributed by atoms with Gasteiger partial charge in [0.05, 0.1) is 23.8 Å². The molecule has 2 aromatic carbocycles. The second-order valence-corrected chi connectivity index (χ2v) is 8.21. The predicted octanol–water partition coefficient (Wildman–Crippen LogP) is 4.65. The molecule has 152 valence electrons. The third-order valence-corrected chi connectivity index (χ3v) is 5.34. The highest BCUT2D eigenvalue weighted by Gasteiger charge is 2.37. The fourth-order valence-electron chi connectivity index (χ4n) is 3.04. The van der Waals surface area contributed by atoms with Gasteiger partial charge in [-0.3, -0.25) is 9.59 Å². The van der Waals surface area contributed by atoms with E-state index in [-0.39, 0.29) is 18.4 Å². The van der Waals surface area contributed by atoms with Crippen molar-refractivity contribution in [3.8, 4) is 11.5 Å². The molecule has 1 aliphatic heterocycles. The van der Waals surface area contributed by atoms with Crippen LogP contribution in [0, 0.1) is 5.41 Å². The number of halogens is 1. The highest BCUT2D eigenvalue weighted by molar-refractivity contribution is 9.10. The monoisotopic (exact) mass is 458 g/mol. The van der Waals surface area contributed by atoms with Crippen LogP contribution in [0.25, 0.3) is 0 Å². The molecule has 0 atom stereocenters. The van der Waals surface area contributed by atoms with E-state index in [1.54, 1.807) is 54.5 Å². The maximum atomic E-state index is 13.0. The fraction of sp³-hybridized carbons (Fsp3) is 0.273. The van der Waals surface area contributed by atoms with Gasteiger partial charge < -0.3 is 19.7 Å². The van der Waals surface area contributed by atoms with Gasteiger partial charge in [-0.05, 0) is 66.2 Å². The van der Waals surface area contributed by atoms with Crippen molar-refractivity contribution in [3.63, 3.8) is 0 Å². The zero-order valence-electron chi connectivity index (χ0n) is 16.6. The molecular formula is C22H23BrN2O4. The number of carbonyl (C=O) groups is 2. The van der Waals surface area contributed by atoms with Gasteiger partial charge in [-0.25, -0.2) is 0 Å². The average Bonchev–Trinajstić information content (AvgIpc) is 2.79. The van der Waals surface area contributed by atoms with Gasteiger partial charge in [0.25, 0.3) is 5.91 Å². The summed E-state index contributed by atoms with van der Waals surface area (Å²) >= 11 is 3.39. The van der Waals surface area contributed by atoms with Gasteiger partial charge in [-0.1, -0.05) is 6.08 Å². The summed E-state index contributed by atoms with van der Waals surface area (Å²) < 4.78 is 11.7. The van der Waals surface area contributed by atoms with Crippen LogP contribution in [0.5, 0.6) is 11.5 Å². The number of benzene rings is 2. The number of rotatable bonds is 5. The van der Waals surface area contributed by atoms with Crippen LogP contribution in [0.3, 0.4) is 0 Å². The Morgan fingerprint density at radius 3 is 2.79 bits per heavy atom. The molecule has 2 aromatic rings. The van der Waals surface area contributed by atoms with Crippen LogP contribution in [-0.4, -0.2) is 32.1 Å². The van der Waals surface area contributed by atoms with Crippen LogP contribution in [0.1, 0.15) is 24.2 Å². The molecule has 0 unspecified atom stereocenters. The fourth-order valence-corrected chi connectivity index (χ4v) is 3.46. The van der Waals surface area contributed by atoms with Crippen molar-refractivity contribution in [3.05, 3.63) is 59.1 Å². The first kappa shape index (κ1) is 20.9. The summed E-state index contributed by atoms with van der Waals surface area (Å²) in [7, 11) is 1.55. The van der Waals surface area contributed by atoms with Crippen molar-refractivity contribution < 1.29 is 19.1 Å². The van der Waals surface area contributed by atoms with E-state index in [9.17, 15) is 9.59 Å². The molecule has 0 aliphatic carbocycles.